The molecule has 2 nitrogen and oxygen atoms in total. The maximum absolute atomic E-state index is 5.64. The van der Waals surface area contributed by atoms with Crippen molar-refractivity contribution in [2.24, 2.45) is 5.92 Å². The summed E-state index contributed by atoms with van der Waals surface area (Å²) in [5.41, 5.74) is 0. The van der Waals surface area contributed by atoms with Crippen LogP contribution in [0.2, 0.25) is 0 Å². The molecule has 0 spiro atoms. The molecule has 1 aliphatic carbocycles. The van der Waals surface area contributed by atoms with E-state index in [0.717, 1.165) is 25.6 Å². The molecule has 0 saturated heterocycles. The van der Waals surface area contributed by atoms with Gasteiger partial charge in [0, 0.05) is 6.54 Å². The fourth-order valence-corrected chi connectivity index (χ4v) is 1.60. The molecule has 1 saturated carbocycles. The topological polar surface area (TPSA) is 21.3 Å². The summed E-state index contributed by atoms with van der Waals surface area (Å²) in [5.74, 6) is 0.836. The van der Waals surface area contributed by atoms with Gasteiger partial charge in [0.05, 0.1) is 12.7 Å². The SMILES string of the molecule is CC(C)CCCNCCOC1CCC1. The van der Waals surface area contributed by atoms with Crippen molar-refractivity contribution < 1.29 is 4.74 Å². The molecule has 0 aliphatic heterocycles. The normalized spacial score (nSPS) is 17.4. The van der Waals surface area contributed by atoms with E-state index in [0.29, 0.717) is 6.10 Å². The summed E-state index contributed by atoms with van der Waals surface area (Å²) in [6.45, 7) is 7.62. The van der Waals surface area contributed by atoms with Crippen molar-refractivity contribution in [3.05, 3.63) is 0 Å². The van der Waals surface area contributed by atoms with Crippen molar-refractivity contribution >= 4 is 0 Å². The van der Waals surface area contributed by atoms with E-state index in [1.54, 1.807) is 0 Å². The van der Waals surface area contributed by atoms with Gasteiger partial charge in [-0.05, 0) is 44.6 Å². The van der Waals surface area contributed by atoms with Gasteiger partial charge in [-0.15, -0.1) is 0 Å². The third-order valence-electron chi connectivity index (χ3n) is 2.82. The van der Waals surface area contributed by atoms with E-state index in [1.165, 1.54) is 32.1 Å². The lowest BCUT2D eigenvalue weighted by molar-refractivity contribution is 0.00431. The monoisotopic (exact) mass is 199 g/mol. The summed E-state index contributed by atoms with van der Waals surface area (Å²) in [6.07, 6.45) is 7.15. The Kier molecular flexibility index (Phi) is 6.20. The summed E-state index contributed by atoms with van der Waals surface area (Å²) in [4.78, 5) is 0. The molecule has 0 heterocycles. The predicted octanol–water partition coefficient (Wildman–Crippen LogP) is 2.58. The molecular formula is C12H25NO. The minimum absolute atomic E-state index is 0.590. The fourth-order valence-electron chi connectivity index (χ4n) is 1.60. The second kappa shape index (κ2) is 7.24. The Bertz CT molecular complexity index is 132. The molecule has 1 aliphatic rings. The molecule has 0 radical (unpaired) electrons. The second-order valence-electron chi connectivity index (χ2n) is 4.71. The first-order valence-corrected chi connectivity index (χ1v) is 6.11. The molecule has 0 aromatic carbocycles. The van der Waals surface area contributed by atoms with Gasteiger partial charge in [-0.1, -0.05) is 13.8 Å². The summed E-state index contributed by atoms with van der Waals surface area (Å²) >= 11 is 0. The molecule has 1 N–H and O–H groups in total. The lowest BCUT2D eigenvalue weighted by Crippen LogP contribution is -2.27. The van der Waals surface area contributed by atoms with Crippen molar-refractivity contribution in [2.75, 3.05) is 19.7 Å². The number of hydrogen-bond donors (Lipinski definition) is 1. The zero-order chi connectivity index (χ0) is 10.2. The van der Waals surface area contributed by atoms with E-state index in [4.69, 9.17) is 4.74 Å². The highest BCUT2D eigenvalue weighted by Crippen LogP contribution is 2.21. The van der Waals surface area contributed by atoms with Gasteiger partial charge in [-0.25, -0.2) is 0 Å². The number of rotatable bonds is 8. The van der Waals surface area contributed by atoms with Crippen LogP contribution >= 0.6 is 0 Å². The van der Waals surface area contributed by atoms with Crippen LogP contribution < -0.4 is 5.32 Å². The first-order valence-electron chi connectivity index (χ1n) is 6.11. The van der Waals surface area contributed by atoms with Gasteiger partial charge in [0.15, 0.2) is 0 Å². The Morgan fingerprint density at radius 3 is 2.64 bits per heavy atom. The van der Waals surface area contributed by atoms with Crippen LogP contribution in [0.4, 0.5) is 0 Å². The van der Waals surface area contributed by atoms with Gasteiger partial charge in [0.1, 0.15) is 0 Å². The van der Waals surface area contributed by atoms with Crippen molar-refractivity contribution in [1.29, 1.82) is 0 Å². The van der Waals surface area contributed by atoms with E-state index >= 15 is 0 Å². The van der Waals surface area contributed by atoms with Crippen molar-refractivity contribution in [3.63, 3.8) is 0 Å². The zero-order valence-corrected chi connectivity index (χ0v) is 9.72. The molecule has 0 bridgehead atoms. The summed E-state index contributed by atoms with van der Waals surface area (Å²) in [5, 5.41) is 3.42. The number of nitrogens with one attached hydrogen (secondary N) is 1. The molecule has 0 aromatic heterocycles. The third-order valence-corrected chi connectivity index (χ3v) is 2.82. The lowest BCUT2D eigenvalue weighted by Gasteiger charge is -2.25. The third kappa shape index (κ3) is 5.61. The zero-order valence-electron chi connectivity index (χ0n) is 9.72. The van der Waals surface area contributed by atoms with Crippen molar-refractivity contribution in [3.8, 4) is 0 Å². The summed E-state index contributed by atoms with van der Waals surface area (Å²) < 4.78 is 5.64. The quantitative estimate of drug-likeness (QED) is 0.607. The highest BCUT2D eigenvalue weighted by molar-refractivity contribution is 4.69. The molecule has 0 amide bonds. The highest BCUT2D eigenvalue weighted by Gasteiger charge is 2.16. The Morgan fingerprint density at radius 2 is 2.07 bits per heavy atom. The van der Waals surface area contributed by atoms with Crippen LogP contribution in [0.5, 0.6) is 0 Å². The molecule has 0 atom stereocenters. The summed E-state index contributed by atoms with van der Waals surface area (Å²) in [6, 6.07) is 0. The van der Waals surface area contributed by atoms with Gasteiger partial charge < -0.3 is 10.1 Å². The van der Waals surface area contributed by atoms with Crippen molar-refractivity contribution in [2.45, 2.75) is 52.1 Å². The Labute approximate surface area is 88.4 Å². The molecule has 1 rings (SSSR count). The van der Waals surface area contributed by atoms with E-state index in [2.05, 4.69) is 19.2 Å². The van der Waals surface area contributed by atoms with Crippen LogP contribution in [0.1, 0.15) is 46.0 Å². The highest BCUT2D eigenvalue weighted by atomic mass is 16.5. The minimum Gasteiger partial charge on any atom is -0.377 e. The fraction of sp³-hybridized carbons (Fsp3) is 1.00. The average molecular weight is 199 g/mol. The number of hydrogen-bond acceptors (Lipinski definition) is 2. The van der Waals surface area contributed by atoms with Crippen LogP contribution in [0.25, 0.3) is 0 Å². The van der Waals surface area contributed by atoms with Crippen molar-refractivity contribution in [1.82, 2.24) is 5.32 Å². The second-order valence-corrected chi connectivity index (χ2v) is 4.71. The lowest BCUT2D eigenvalue weighted by atomic mass is 9.96. The van der Waals surface area contributed by atoms with Crippen LogP contribution in [0.3, 0.4) is 0 Å². The molecule has 0 aromatic rings. The molecule has 14 heavy (non-hydrogen) atoms. The van der Waals surface area contributed by atoms with Gasteiger partial charge in [0.25, 0.3) is 0 Å². The maximum atomic E-state index is 5.64. The van der Waals surface area contributed by atoms with Crippen LogP contribution in [0, 0.1) is 5.92 Å². The first-order chi connectivity index (χ1) is 6.79. The van der Waals surface area contributed by atoms with Gasteiger partial charge in [-0.2, -0.15) is 0 Å². The largest absolute Gasteiger partial charge is 0.377 e. The molecular weight excluding hydrogens is 174 g/mol. The van der Waals surface area contributed by atoms with E-state index < -0.39 is 0 Å². The molecule has 84 valence electrons. The first kappa shape index (κ1) is 12.0. The van der Waals surface area contributed by atoms with Gasteiger partial charge in [0.2, 0.25) is 0 Å². The summed E-state index contributed by atoms with van der Waals surface area (Å²) in [7, 11) is 0. The average Bonchev–Trinajstić information content (AvgIpc) is 2.06. The number of ether oxygens (including phenoxy) is 1. The standard InChI is InChI=1S/C12H25NO/c1-11(2)5-4-8-13-9-10-14-12-6-3-7-12/h11-13H,3-10H2,1-2H3. The predicted molar refractivity (Wildman–Crippen MR) is 60.5 cm³/mol. The van der Waals surface area contributed by atoms with E-state index in [1.807, 2.05) is 0 Å². The van der Waals surface area contributed by atoms with Crippen LogP contribution in [-0.4, -0.2) is 25.8 Å². The van der Waals surface area contributed by atoms with Gasteiger partial charge in [-0.3, -0.25) is 0 Å². The Morgan fingerprint density at radius 1 is 1.29 bits per heavy atom. The molecule has 1 fully saturated rings. The molecule has 2 heteroatoms. The Balaban J connectivity index is 1.71. The smallest absolute Gasteiger partial charge is 0.0594 e. The van der Waals surface area contributed by atoms with Crippen LogP contribution in [0.15, 0.2) is 0 Å². The van der Waals surface area contributed by atoms with Crippen LogP contribution in [-0.2, 0) is 4.74 Å². The minimum atomic E-state index is 0.590. The molecule has 0 unspecified atom stereocenters. The van der Waals surface area contributed by atoms with E-state index in [9.17, 15) is 0 Å². The maximum Gasteiger partial charge on any atom is 0.0594 e. The van der Waals surface area contributed by atoms with Gasteiger partial charge >= 0.3 is 0 Å². The van der Waals surface area contributed by atoms with E-state index in [-0.39, 0.29) is 0 Å². The Hall–Kier alpha value is -0.0800.